The van der Waals surface area contributed by atoms with Gasteiger partial charge >= 0.3 is 0 Å². The van der Waals surface area contributed by atoms with Gasteiger partial charge in [-0.05, 0) is 38.1 Å². The summed E-state index contributed by atoms with van der Waals surface area (Å²) in [6.07, 6.45) is 15.8. The second-order valence-corrected chi connectivity index (χ2v) is 5.87. The lowest BCUT2D eigenvalue weighted by molar-refractivity contribution is 0.380. The van der Waals surface area contributed by atoms with Crippen LogP contribution in [0.3, 0.4) is 0 Å². The summed E-state index contributed by atoms with van der Waals surface area (Å²) in [5, 5.41) is 3.75. The molecule has 102 valence electrons. The normalized spacial score (nSPS) is 18.7. The van der Waals surface area contributed by atoms with Crippen LogP contribution in [0.2, 0.25) is 0 Å². The highest BCUT2D eigenvalue weighted by molar-refractivity contribution is 4.73. The van der Waals surface area contributed by atoms with Gasteiger partial charge < -0.3 is 5.32 Å². The quantitative estimate of drug-likeness (QED) is 0.534. The van der Waals surface area contributed by atoms with Gasteiger partial charge in [-0.3, -0.25) is 0 Å². The molecular formula is C16H33N. The largest absolute Gasteiger partial charge is 0.314 e. The molecule has 1 aliphatic carbocycles. The molecule has 1 nitrogen and oxygen atoms in total. The molecule has 0 aromatic rings. The van der Waals surface area contributed by atoms with Crippen molar-refractivity contribution in [3.05, 3.63) is 0 Å². The third-order valence-corrected chi connectivity index (χ3v) is 4.24. The zero-order valence-corrected chi connectivity index (χ0v) is 12.1. The Kier molecular flexibility index (Phi) is 8.78. The molecular weight excluding hydrogens is 206 g/mol. The molecule has 1 saturated carbocycles. The third kappa shape index (κ3) is 7.08. The predicted molar refractivity (Wildman–Crippen MR) is 77.4 cm³/mol. The van der Waals surface area contributed by atoms with E-state index in [1.165, 1.54) is 77.2 Å². The Hall–Kier alpha value is -0.0400. The number of rotatable bonds is 10. The van der Waals surface area contributed by atoms with Gasteiger partial charge in [0.1, 0.15) is 0 Å². The van der Waals surface area contributed by atoms with E-state index in [-0.39, 0.29) is 0 Å². The lowest BCUT2D eigenvalue weighted by atomic mass is 9.96. The minimum atomic E-state index is 0.807. The van der Waals surface area contributed by atoms with E-state index in [1.807, 2.05) is 0 Å². The van der Waals surface area contributed by atoms with Crippen LogP contribution < -0.4 is 5.32 Å². The van der Waals surface area contributed by atoms with Crippen LogP contribution in [0.25, 0.3) is 0 Å². The SMILES string of the molecule is CCCCCC(CCC1CCCC1)NCCC. The first-order valence-corrected chi connectivity index (χ1v) is 8.10. The van der Waals surface area contributed by atoms with Crippen molar-refractivity contribution in [2.45, 2.75) is 90.5 Å². The maximum atomic E-state index is 3.75. The first-order chi connectivity index (χ1) is 8.36. The molecule has 0 radical (unpaired) electrons. The van der Waals surface area contributed by atoms with Crippen LogP contribution >= 0.6 is 0 Å². The fourth-order valence-electron chi connectivity index (χ4n) is 3.07. The average Bonchev–Trinajstić information content (AvgIpc) is 2.85. The van der Waals surface area contributed by atoms with Gasteiger partial charge in [0, 0.05) is 6.04 Å². The zero-order valence-electron chi connectivity index (χ0n) is 12.1. The molecule has 1 N–H and O–H groups in total. The van der Waals surface area contributed by atoms with Crippen molar-refractivity contribution >= 4 is 0 Å². The Balaban J connectivity index is 2.13. The van der Waals surface area contributed by atoms with Crippen LogP contribution in [0.1, 0.15) is 84.5 Å². The van der Waals surface area contributed by atoms with Crippen LogP contribution in [-0.2, 0) is 0 Å². The van der Waals surface area contributed by atoms with Crippen LogP contribution in [0.15, 0.2) is 0 Å². The van der Waals surface area contributed by atoms with E-state index in [2.05, 4.69) is 19.2 Å². The van der Waals surface area contributed by atoms with Crippen LogP contribution in [-0.4, -0.2) is 12.6 Å². The highest BCUT2D eigenvalue weighted by atomic mass is 14.9. The monoisotopic (exact) mass is 239 g/mol. The Morgan fingerprint density at radius 3 is 2.41 bits per heavy atom. The van der Waals surface area contributed by atoms with Crippen molar-refractivity contribution in [3.63, 3.8) is 0 Å². The molecule has 0 spiro atoms. The van der Waals surface area contributed by atoms with Crippen molar-refractivity contribution in [2.24, 2.45) is 5.92 Å². The smallest absolute Gasteiger partial charge is 0.00671 e. The van der Waals surface area contributed by atoms with E-state index in [0.29, 0.717) is 0 Å². The van der Waals surface area contributed by atoms with Crippen LogP contribution in [0, 0.1) is 5.92 Å². The number of hydrogen-bond acceptors (Lipinski definition) is 1. The van der Waals surface area contributed by atoms with Crippen molar-refractivity contribution in [2.75, 3.05) is 6.54 Å². The summed E-state index contributed by atoms with van der Waals surface area (Å²) in [6.45, 7) is 5.78. The molecule has 1 heteroatoms. The van der Waals surface area contributed by atoms with Crippen LogP contribution in [0.4, 0.5) is 0 Å². The molecule has 1 rings (SSSR count). The standard InChI is InChI=1S/C16H33N/c1-3-5-6-11-16(17-14-4-2)13-12-15-9-7-8-10-15/h15-17H,3-14H2,1-2H3. The highest BCUT2D eigenvalue weighted by Gasteiger charge is 2.16. The molecule has 0 saturated heterocycles. The van der Waals surface area contributed by atoms with E-state index in [0.717, 1.165) is 12.0 Å². The maximum absolute atomic E-state index is 3.75. The first-order valence-electron chi connectivity index (χ1n) is 8.10. The number of unbranched alkanes of at least 4 members (excludes halogenated alkanes) is 2. The van der Waals surface area contributed by atoms with Gasteiger partial charge in [0.25, 0.3) is 0 Å². The topological polar surface area (TPSA) is 12.0 Å². The van der Waals surface area contributed by atoms with E-state index < -0.39 is 0 Å². The maximum Gasteiger partial charge on any atom is 0.00671 e. The second kappa shape index (κ2) is 9.94. The van der Waals surface area contributed by atoms with Crippen molar-refractivity contribution < 1.29 is 0 Å². The van der Waals surface area contributed by atoms with Gasteiger partial charge in [0.15, 0.2) is 0 Å². The molecule has 1 fully saturated rings. The number of hydrogen-bond donors (Lipinski definition) is 1. The van der Waals surface area contributed by atoms with Crippen molar-refractivity contribution in [1.82, 2.24) is 5.32 Å². The number of nitrogens with one attached hydrogen (secondary N) is 1. The summed E-state index contributed by atoms with van der Waals surface area (Å²) in [4.78, 5) is 0. The third-order valence-electron chi connectivity index (χ3n) is 4.24. The molecule has 0 aromatic heterocycles. The van der Waals surface area contributed by atoms with Gasteiger partial charge in [-0.2, -0.15) is 0 Å². The summed E-state index contributed by atoms with van der Waals surface area (Å²) in [7, 11) is 0. The van der Waals surface area contributed by atoms with Gasteiger partial charge in [-0.15, -0.1) is 0 Å². The van der Waals surface area contributed by atoms with Gasteiger partial charge in [-0.1, -0.05) is 58.8 Å². The molecule has 0 aromatic carbocycles. The minimum absolute atomic E-state index is 0.807. The molecule has 1 atom stereocenters. The zero-order chi connectivity index (χ0) is 12.3. The Morgan fingerprint density at radius 1 is 1.00 bits per heavy atom. The first kappa shape index (κ1) is 15.0. The van der Waals surface area contributed by atoms with E-state index >= 15 is 0 Å². The summed E-state index contributed by atoms with van der Waals surface area (Å²) < 4.78 is 0. The molecule has 0 heterocycles. The molecule has 17 heavy (non-hydrogen) atoms. The molecule has 0 amide bonds. The second-order valence-electron chi connectivity index (χ2n) is 5.87. The lowest BCUT2D eigenvalue weighted by Gasteiger charge is -2.20. The van der Waals surface area contributed by atoms with E-state index in [1.54, 1.807) is 0 Å². The Morgan fingerprint density at radius 2 is 1.76 bits per heavy atom. The summed E-state index contributed by atoms with van der Waals surface area (Å²) in [5.74, 6) is 1.06. The predicted octanol–water partition coefficient (Wildman–Crippen LogP) is 4.91. The fourth-order valence-corrected chi connectivity index (χ4v) is 3.07. The average molecular weight is 239 g/mol. The van der Waals surface area contributed by atoms with Crippen LogP contribution in [0.5, 0.6) is 0 Å². The van der Waals surface area contributed by atoms with E-state index in [9.17, 15) is 0 Å². The lowest BCUT2D eigenvalue weighted by Crippen LogP contribution is -2.30. The van der Waals surface area contributed by atoms with Gasteiger partial charge in [0.05, 0.1) is 0 Å². The van der Waals surface area contributed by atoms with Crippen molar-refractivity contribution in [3.8, 4) is 0 Å². The summed E-state index contributed by atoms with van der Waals surface area (Å²) in [6, 6.07) is 0.807. The fraction of sp³-hybridized carbons (Fsp3) is 1.00. The summed E-state index contributed by atoms with van der Waals surface area (Å²) >= 11 is 0. The van der Waals surface area contributed by atoms with E-state index in [4.69, 9.17) is 0 Å². The minimum Gasteiger partial charge on any atom is -0.314 e. The Bertz CT molecular complexity index is 161. The summed E-state index contributed by atoms with van der Waals surface area (Å²) in [5.41, 5.74) is 0. The van der Waals surface area contributed by atoms with Crippen molar-refractivity contribution in [1.29, 1.82) is 0 Å². The molecule has 1 unspecified atom stereocenters. The molecule has 1 aliphatic rings. The Labute approximate surface area is 109 Å². The van der Waals surface area contributed by atoms with Gasteiger partial charge in [0.2, 0.25) is 0 Å². The molecule has 0 aliphatic heterocycles. The van der Waals surface area contributed by atoms with Gasteiger partial charge in [-0.25, -0.2) is 0 Å². The highest BCUT2D eigenvalue weighted by Crippen LogP contribution is 2.29. The molecule has 0 bridgehead atoms.